The van der Waals surface area contributed by atoms with E-state index >= 15 is 0 Å². The molecule has 0 radical (unpaired) electrons. The van der Waals surface area contributed by atoms with Crippen LogP contribution in [0.25, 0.3) is 20.7 Å². The van der Waals surface area contributed by atoms with Gasteiger partial charge in [-0.25, -0.2) is 14.4 Å². The zero-order valence-electron chi connectivity index (χ0n) is 14.9. The summed E-state index contributed by atoms with van der Waals surface area (Å²) >= 11 is 2.56. The lowest BCUT2D eigenvalue weighted by molar-refractivity contribution is 0.361. The van der Waals surface area contributed by atoms with Crippen molar-refractivity contribution < 1.29 is 9.13 Å². The molecule has 0 aliphatic carbocycles. The number of aromatic nitrogens is 2. The first-order valence-corrected chi connectivity index (χ1v) is 10.5. The van der Waals surface area contributed by atoms with Crippen molar-refractivity contribution in [3.63, 3.8) is 0 Å². The number of halogens is 1. The summed E-state index contributed by atoms with van der Waals surface area (Å²) < 4.78 is 19.4. The fraction of sp³-hybridized carbons (Fsp3) is 0.263. The number of nitrogens with zero attached hydrogens (tertiary/aromatic N) is 3. The van der Waals surface area contributed by atoms with Crippen LogP contribution in [0.4, 0.5) is 4.39 Å². The monoisotopic (exact) mass is 415 g/mol. The van der Waals surface area contributed by atoms with E-state index in [9.17, 15) is 4.39 Å². The lowest BCUT2D eigenvalue weighted by Gasteiger charge is -2.15. The zero-order chi connectivity index (χ0) is 19.5. The van der Waals surface area contributed by atoms with E-state index in [0.717, 1.165) is 58.4 Å². The van der Waals surface area contributed by atoms with Crippen LogP contribution in [0.1, 0.15) is 12.8 Å². The minimum absolute atomic E-state index is 0.0721. The Balaban J connectivity index is 1.48. The number of fused-ring (bicyclic) bond motifs is 1. The second-order valence-electron chi connectivity index (χ2n) is 6.41. The molecule has 1 saturated heterocycles. The van der Waals surface area contributed by atoms with Gasteiger partial charge in [0, 0.05) is 4.88 Å². The van der Waals surface area contributed by atoms with Crippen molar-refractivity contribution in [2.75, 3.05) is 19.6 Å². The summed E-state index contributed by atoms with van der Waals surface area (Å²) in [4.78, 5) is 11.7. The van der Waals surface area contributed by atoms with E-state index in [1.165, 1.54) is 29.8 Å². The van der Waals surface area contributed by atoms with Gasteiger partial charge in [-0.3, -0.25) is 15.7 Å². The average Bonchev–Trinajstić information content (AvgIpc) is 3.32. The minimum atomic E-state index is -0.275. The van der Waals surface area contributed by atoms with Gasteiger partial charge in [-0.1, -0.05) is 12.1 Å². The number of rotatable bonds is 4. The van der Waals surface area contributed by atoms with Crippen molar-refractivity contribution in [2.24, 2.45) is 0 Å². The predicted octanol–water partition coefficient (Wildman–Crippen LogP) is 4.61. The molecule has 6 nitrogen and oxygen atoms in total. The molecular weight excluding hydrogens is 397 g/mol. The molecule has 3 heterocycles. The molecule has 0 bridgehead atoms. The van der Waals surface area contributed by atoms with E-state index in [-0.39, 0.29) is 16.9 Å². The fourth-order valence-electron chi connectivity index (χ4n) is 3.06. The highest BCUT2D eigenvalue weighted by Gasteiger charge is 2.17. The number of benzene rings is 1. The van der Waals surface area contributed by atoms with Gasteiger partial charge in [-0.15, -0.1) is 11.3 Å². The number of likely N-dealkylation sites (tertiary alicyclic amines) is 1. The Labute approximate surface area is 169 Å². The van der Waals surface area contributed by atoms with Crippen LogP contribution in [0.15, 0.2) is 41.7 Å². The highest BCUT2D eigenvalue weighted by molar-refractivity contribution is 8.13. The first-order valence-electron chi connectivity index (χ1n) is 8.83. The Morgan fingerprint density at radius 3 is 2.68 bits per heavy atom. The molecule has 9 heteroatoms. The summed E-state index contributed by atoms with van der Waals surface area (Å²) in [5.41, 5.74) is 1.67. The number of thioether (sulfide) groups is 1. The van der Waals surface area contributed by atoms with Gasteiger partial charge >= 0.3 is 0 Å². The molecule has 0 atom stereocenters. The summed E-state index contributed by atoms with van der Waals surface area (Å²) in [7, 11) is 0. The summed E-state index contributed by atoms with van der Waals surface area (Å²) in [6.45, 7) is 2.37. The first kappa shape index (κ1) is 19.0. The van der Waals surface area contributed by atoms with Crippen molar-refractivity contribution in [1.29, 1.82) is 10.8 Å². The van der Waals surface area contributed by atoms with Crippen LogP contribution in [0.5, 0.6) is 0 Å². The number of hydrogen-bond acceptors (Lipinski definition) is 8. The van der Waals surface area contributed by atoms with Crippen molar-refractivity contribution in [3.05, 3.63) is 42.5 Å². The quantitative estimate of drug-likeness (QED) is 0.281. The third-order valence-electron chi connectivity index (χ3n) is 4.38. The summed E-state index contributed by atoms with van der Waals surface area (Å²) in [6, 6.07) is 8.24. The fourth-order valence-corrected chi connectivity index (χ4v) is 4.92. The van der Waals surface area contributed by atoms with Crippen molar-refractivity contribution >= 4 is 44.4 Å². The van der Waals surface area contributed by atoms with Gasteiger partial charge in [0.15, 0.2) is 0 Å². The van der Waals surface area contributed by atoms with Gasteiger partial charge in [0.1, 0.15) is 17.2 Å². The summed E-state index contributed by atoms with van der Waals surface area (Å²) in [6.07, 6.45) is 3.75. The van der Waals surface area contributed by atoms with Crippen LogP contribution in [0.3, 0.4) is 0 Å². The molecule has 2 N–H and O–H groups in total. The van der Waals surface area contributed by atoms with Crippen LogP contribution >= 0.6 is 23.1 Å². The van der Waals surface area contributed by atoms with E-state index < -0.39 is 0 Å². The molecule has 1 aliphatic rings. The molecule has 1 fully saturated rings. The second kappa shape index (κ2) is 8.34. The lowest BCUT2D eigenvalue weighted by atomic mass is 10.2. The predicted molar refractivity (Wildman–Crippen MR) is 111 cm³/mol. The van der Waals surface area contributed by atoms with Crippen molar-refractivity contribution in [1.82, 2.24) is 14.9 Å². The summed E-state index contributed by atoms with van der Waals surface area (Å²) in [5, 5.41) is 16.6. The standard InChI is InChI=1S/C19H18FN5OS2/c20-13-5-3-12(4-6-13)15-9-14-17(27-15)18(24-11-23-14)28-19(22)26-16(21)10-25-7-1-2-8-25/h3-6,9,11,21-22H,1-2,7-8,10H2. The number of hydrogen-bond donors (Lipinski definition) is 2. The van der Waals surface area contributed by atoms with Gasteiger partial charge in [0.25, 0.3) is 5.23 Å². The van der Waals surface area contributed by atoms with Crippen LogP contribution in [0, 0.1) is 16.6 Å². The smallest absolute Gasteiger partial charge is 0.256 e. The zero-order valence-corrected chi connectivity index (χ0v) is 16.6. The second-order valence-corrected chi connectivity index (χ2v) is 8.42. The molecule has 4 rings (SSSR count). The van der Waals surface area contributed by atoms with E-state index in [4.69, 9.17) is 15.6 Å². The highest BCUT2D eigenvalue weighted by Crippen LogP contribution is 2.37. The van der Waals surface area contributed by atoms with Crippen molar-refractivity contribution in [2.45, 2.75) is 17.9 Å². The van der Waals surface area contributed by atoms with Crippen molar-refractivity contribution in [3.8, 4) is 10.4 Å². The largest absolute Gasteiger partial charge is 0.418 e. The molecule has 1 aliphatic heterocycles. The van der Waals surface area contributed by atoms with E-state index in [0.29, 0.717) is 11.6 Å². The molecule has 144 valence electrons. The molecule has 1 aromatic carbocycles. The molecule has 0 spiro atoms. The van der Waals surface area contributed by atoms with Crippen LogP contribution in [-0.2, 0) is 4.74 Å². The van der Waals surface area contributed by atoms with Gasteiger partial charge in [0.2, 0.25) is 5.90 Å². The van der Waals surface area contributed by atoms with Crippen LogP contribution < -0.4 is 0 Å². The molecular formula is C19H18FN5OS2. The summed E-state index contributed by atoms with van der Waals surface area (Å²) in [5.74, 6) is -0.203. The van der Waals surface area contributed by atoms with E-state index in [1.807, 2.05) is 6.07 Å². The highest BCUT2D eigenvalue weighted by atomic mass is 32.2. The third-order valence-corrected chi connectivity index (χ3v) is 6.46. The van der Waals surface area contributed by atoms with Gasteiger partial charge in [-0.05, 0) is 61.5 Å². The van der Waals surface area contributed by atoms with Crippen LogP contribution in [-0.4, -0.2) is 45.6 Å². The number of ether oxygens (including phenoxy) is 1. The normalized spacial score (nSPS) is 14.5. The topological polar surface area (TPSA) is 86.0 Å². The van der Waals surface area contributed by atoms with Gasteiger partial charge in [0.05, 0.1) is 16.8 Å². The molecule has 0 unspecified atom stereocenters. The maximum absolute atomic E-state index is 13.2. The molecule has 3 aromatic rings. The Hall–Kier alpha value is -2.36. The third kappa shape index (κ3) is 4.37. The minimum Gasteiger partial charge on any atom is -0.418 e. The van der Waals surface area contributed by atoms with Gasteiger partial charge < -0.3 is 4.74 Å². The van der Waals surface area contributed by atoms with E-state index in [1.54, 1.807) is 12.1 Å². The van der Waals surface area contributed by atoms with E-state index in [2.05, 4.69) is 14.9 Å². The Morgan fingerprint density at radius 2 is 1.93 bits per heavy atom. The Kier molecular flexibility index (Phi) is 5.65. The number of nitrogens with one attached hydrogen (secondary N) is 2. The molecule has 0 amide bonds. The maximum atomic E-state index is 13.2. The maximum Gasteiger partial charge on any atom is 0.256 e. The molecule has 0 saturated carbocycles. The lowest BCUT2D eigenvalue weighted by Crippen LogP contribution is -2.28. The Morgan fingerprint density at radius 1 is 1.18 bits per heavy atom. The van der Waals surface area contributed by atoms with Gasteiger partial charge in [-0.2, -0.15) is 0 Å². The SMILES string of the molecule is N=C(CN1CCCC1)OC(=N)Sc1ncnc2cc(-c3ccc(F)cc3)sc12. The molecule has 2 aromatic heterocycles. The first-order chi connectivity index (χ1) is 13.6. The van der Waals surface area contributed by atoms with Crippen LogP contribution in [0.2, 0.25) is 0 Å². The Bertz CT molecular complexity index is 1010. The number of thiophene rings is 1. The molecule has 28 heavy (non-hydrogen) atoms. The average molecular weight is 416 g/mol.